The highest BCUT2D eigenvalue weighted by Crippen LogP contribution is 2.29. The van der Waals surface area contributed by atoms with E-state index >= 15 is 0 Å². The van der Waals surface area contributed by atoms with E-state index in [2.05, 4.69) is 4.72 Å². The second-order valence-electron chi connectivity index (χ2n) is 4.90. The van der Waals surface area contributed by atoms with Crippen LogP contribution in [0.25, 0.3) is 0 Å². The predicted molar refractivity (Wildman–Crippen MR) is 90.0 cm³/mol. The SMILES string of the molecule is O=C(O)CCCNS(=O)(=O)c1ccc(Oc2ccccc2Cl)cc1. The summed E-state index contributed by atoms with van der Waals surface area (Å²) in [7, 11) is -3.68. The van der Waals surface area contributed by atoms with E-state index in [9.17, 15) is 13.2 Å². The van der Waals surface area contributed by atoms with Gasteiger partial charge in [0, 0.05) is 13.0 Å². The highest BCUT2D eigenvalue weighted by molar-refractivity contribution is 7.89. The average Bonchev–Trinajstić information content (AvgIpc) is 2.54. The molecule has 2 aromatic carbocycles. The van der Waals surface area contributed by atoms with Gasteiger partial charge in [-0.05, 0) is 42.8 Å². The van der Waals surface area contributed by atoms with Crippen LogP contribution in [-0.4, -0.2) is 26.0 Å². The van der Waals surface area contributed by atoms with E-state index in [1.54, 1.807) is 24.3 Å². The smallest absolute Gasteiger partial charge is 0.303 e. The molecular formula is C16H16ClNO5S. The van der Waals surface area contributed by atoms with Gasteiger partial charge in [-0.3, -0.25) is 4.79 Å². The zero-order chi connectivity index (χ0) is 17.6. The maximum Gasteiger partial charge on any atom is 0.303 e. The highest BCUT2D eigenvalue weighted by Gasteiger charge is 2.14. The van der Waals surface area contributed by atoms with Gasteiger partial charge in [0.25, 0.3) is 0 Å². The molecule has 0 fully saturated rings. The number of halogens is 1. The first-order chi connectivity index (χ1) is 11.4. The number of nitrogens with one attached hydrogen (secondary N) is 1. The normalized spacial score (nSPS) is 11.2. The Balaban J connectivity index is 2.00. The number of ether oxygens (including phenoxy) is 1. The lowest BCUT2D eigenvalue weighted by Gasteiger charge is -2.09. The van der Waals surface area contributed by atoms with Gasteiger partial charge in [0.1, 0.15) is 11.5 Å². The summed E-state index contributed by atoms with van der Waals surface area (Å²) >= 11 is 6.00. The Morgan fingerprint density at radius 3 is 2.42 bits per heavy atom. The molecule has 0 aliphatic rings. The minimum atomic E-state index is -3.68. The van der Waals surface area contributed by atoms with Crippen LogP contribution in [0.4, 0.5) is 0 Å². The first-order valence-corrected chi connectivity index (χ1v) is 8.98. The minimum absolute atomic E-state index is 0.0620. The van der Waals surface area contributed by atoms with Crippen LogP contribution >= 0.6 is 11.6 Å². The number of carboxylic acid groups (broad SMARTS) is 1. The molecule has 0 aromatic heterocycles. The fraction of sp³-hybridized carbons (Fsp3) is 0.188. The maximum absolute atomic E-state index is 12.1. The summed E-state index contributed by atoms with van der Waals surface area (Å²) in [5.41, 5.74) is 0. The van der Waals surface area contributed by atoms with Gasteiger partial charge in [-0.2, -0.15) is 0 Å². The summed E-state index contributed by atoms with van der Waals surface area (Å²) in [6.07, 6.45) is 0.134. The second kappa shape index (κ2) is 8.14. The number of sulfonamides is 1. The second-order valence-corrected chi connectivity index (χ2v) is 7.07. The van der Waals surface area contributed by atoms with E-state index in [0.29, 0.717) is 16.5 Å². The van der Waals surface area contributed by atoms with Crippen molar-refractivity contribution >= 4 is 27.6 Å². The lowest BCUT2D eigenvalue weighted by atomic mass is 10.3. The zero-order valence-electron chi connectivity index (χ0n) is 12.6. The van der Waals surface area contributed by atoms with Crippen LogP contribution < -0.4 is 9.46 Å². The Morgan fingerprint density at radius 1 is 1.12 bits per heavy atom. The molecular weight excluding hydrogens is 354 g/mol. The zero-order valence-corrected chi connectivity index (χ0v) is 14.2. The summed E-state index contributed by atoms with van der Waals surface area (Å²) in [4.78, 5) is 10.5. The van der Waals surface area contributed by atoms with Gasteiger partial charge >= 0.3 is 5.97 Å². The van der Waals surface area contributed by atoms with Crippen LogP contribution in [0.5, 0.6) is 11.5 Å². The third-order valence-electron chi connectivity index (χ3n) is 3.06. The Bertz CT molecular complexity index is 805. The van der Waals surface area contributed by atoms with Crippen molar-refractivity contribution in [2.75, 3.05) is 6.54 Å². The van der Waals surface area contributed by atoms with Crippen molar-refractivity contribution < 1.29 is 23.1 Å². The van der Waals surface area contributed by atoms with E-state index in [1.807, 2.05) is 0 Å². The Hall–Kier alpha value is -2.09. The fourth-order valence-electron chi connectivity index (χ4n) is 1.87. The molecule has 128 valence electrons. The summed E-state index contributed by atoms with van der Waals surface area (Å²) in [6.45, 7) is 0.0620. The number of carboxylic acids is 1. The van der Waals surface area contributed by atoms with Gasteiger partial charge in [-0.1, -0.05) is 23.7 Å². The molecule has 0 heterocycles. The van der Waals surface area contributed by atoms with Crippen molar-refractivity contribution in [3.05, 3.63) is 53.6 Å². The van der Waals surface area contributed by atoms with Gasteiger partial charge in [-0.25, -0.2) is 13.1 Å². The molecule has 0 bridgehead atoms. The van der Waals surface area contributed by atoms with E-state index in [1.165, 1.54) is 24.3 Å². The Morgan fingerprint density at radius 2 is 1.79 bits per heavy atom. The number of para-hydroxylation sites is 1. The van der Waals surface area contributed by atoms with E-state index in [0.717, 1.165) is 0 Å². The topological polar surface area (TPSA) is 92.7 Å². The van der Waals surface area contributed by atoms with Crippen molar-refractivity contribution in [2.45, 2.75) is 17.7 Å². The van der Waals surface area contributed by atoms with Crippen molar-refractivity contribution in [1.82, 2.24) is 4.72 Å². The number of carbonyl (C=O) groups is 1. The molecule has 24 heavy (non-hydrogen) atoms. The third kappa shape index (κ3) is 5.23. The van der Waals surface area contributed by atoms with Crippen molar-refractivity contribution in [3.63, 3.8) is 0 Å². The van der Waals surface area contributed by atoms with Crippen molar-refractivity contribution in [3.8, 4) is 11.5 Å². The molecule has 2 aromatic rings. The van der Waals surface area contributed by atoms with E-state index in [-0.39, 0.29) is 24.3 Å². The first kappa shape index (κ1) is 18.3. The summed E-state index contributed by atoms with van der Waals surface area (Å²) in [5, 5.41) is 8.98. The van der Waals surface area contributed by atoms with Gasteiger partial charge < -0.3 is 9.84 Å². The molecule has 0 aliphatic heterocycles. The maximum atomic E-state index is 12.1. The van der Waals surface area contributed by atoms with Crippen LogP contribution in [0.3, 0.4) is 0 Å². The largest absolute Gasteiger partial charge is 0.481 e. The fourth-order valence-corrected chi connectivity index (χ4v) is 3.12. The molecule has 0 spiro atoms. The number of aliphatic carboxylic acids is 1. The monoisotopic (exact) mass is 369 g/mol. The van der Waals surface area contributed by atoms with Gasteiger partial charge in [0.15, 0.2) is 0 Å². The lowest BCUT2D eigenvalue weighted by molar-refractivity contribution is -0.137. The third-order valence-corrected chi connectivity index (χ3v) is 4.85. The molecule has 2 N–H and O–H groups in total. The molecule has 0 saturated carbocycles. The standard InChI is InChI=1S/C16H16ClNO5S/c17-14-4-1-2-5-15(14)23-12-7-9-13(10-8-12)24(21,22)18-11-3-6-16(19)20/h1-2,4-5,7-10,18H,3,6,11H2,(H,19,20). The van der Waals surface area contributed by atoms with Crippen LogP contribution in [0.1, 0.15) is 12.8 Å². The molecule has 2 rings (SSSR count). The van der Waals surface area contributed by atoms with Crippen LogP contribution in [0.15, 0.2) is 53.4 Å². The lowest BCUT2D eigenvalue weighted by Crippen LogP contribution is -2.25. The highest BCUT2D eigenvalue weighted by atomic mass is 35.5. The number of benzene rings is 2. The van der Waals surface area contributed by atoms with Gasteiger partial charge in [0.2, 0.25) is 10.0 Å². The Kier molecular flexibility index (Phi) is 6.19. The van der Waals surface area contributed by atoms with Crippen LogP contribution in [0, 0.1) is 0 Å². The van der Waals surface area contributed by atoms with E-state index < -0.39 is 16.0 Å². The predicted octanol–water partition coefficient (Wildman–Crippen LogP) is 3.28. The summed E-state index contributed by atoms with van der Waals surface area (Å²) < 4.78 is 32.1. The molecule has 0 amide bonds. The van der Waals surface area contributed by atoms with Crippen molar-refractivity contribution in [1.29, 1.82) is 0 Å². The Labute approximate surface area is 145 Å². The molecule has 0 unspecified atom stereocenters. The molecule has 0 aliphatic carbocycles. The first-order valence-electron chi connectivity index (χ1n) is 7.12. The number of rotatable bonds is 8. The summed E-state index contributed by atoms with van der Waals surface area (Å²) in [6, 6.07) is 12.8. The molecule has 0 radical (unpaired) electrons. The van der Waals surface area contributed by atoms with Crippen LogP contribution in [0.2, 0.25) is 5.02 Å². The van der Waals surface area contributed by atoms with Crippen LogP contribution in [-0.2, 0) is 14.8 Å². The molecule has 6 nitrogen and oxygen atoms in total. The molecule has 0 atom stereocenters. The van der Waals surface area contributed by atoms with Gasteiger partial charge in [0.05, 0.1) is 9.92 Å². The summed E-state index contributed by atoms with van der Waals surface area (Å²) in [5.74, 6) is -0.0373. The molecule has 0 saturated heterocycles. The number of hydrogen-bond donors (Lipinski definition) is 2. The minimum Gasteiger partial charge on any atom is -0.481 e. The number of hydrogen-bond acceptors (Lipinski definition) is 4. The average molecular weight is 370 g/mol. The molecule has 8 heteroatoms. The quantitative estimate of drug-likeness (QED) is 0.696. The van der Waals surface area contributed by atoms with Gasteiger partial charge in [-0.15, -0.1) is 0 Å². The van der Waals surface area contributed by atoms with E-state index in [4.69, 9.17) is 21.4 Å². The van der Waals surface area contributed by atoms with Crippen molar-refractivity contribution in [2.24, 2.45) is 0 Å².